The largest absolute Gasteiger partial charge is 0.411 e. The Morgan fingerprint density at radius 3 is 2.33 bits per heavy atom. The quantitative estimate of drug-likeness (QED) is 0.337. The third-order valence-corrected chi connectivity index (χ3v) is 2.41. The molecule has 0 aliphatic rings. The first-order valence-corrected chi connectivity index (χ1v) is 4.11. The fraction of sp³-hybridized carbons (Fsp3) is 0. The van der Waals surface area contributed by atoms with Gasteiger partial charge in [-0.15, -0.1) is 0 Å². The smallest absolute Gasteiger partial charge is 0.0764 e. The minimum Gasteiger partial charge on any atom is -0.411 e. The summed E-state index contributed by atoms with van der Waals surface area (Å²) in [4.78, 5) is 0. The van der Waals surface area contributed by atoms with E-state index in [1.165, 1.54) is 0 Å². The SMILES string of the molecule is ON=Cc1c(Cl)ccc(Cl)c1Cl. The highest BCUT2D eigenvalue weighted by Gasteiger charge is 2.06. The molecule has 1 aromatic rings. The highest BCUT2D eigenvalue weighted by Crippen LogP contribution is 2.29. The molecule has 64 valence electrons. The molecule has 1 aromatic carbocycles. The van der Waals surface area contributed by atoms with E-state index in [4.69, 9.17) is 40.0 Å². The first-order valence-electron chi connectivity index (χ1n) is 2.97. The van der Waals surface area contributed by atoms with E-state index < -0.39 is 0 Å². The molecular weight excluding hydrogens is 220 g/mol. The van der Waals surface area contributed by atoms with E-state index in [9.17, 15) is 0 Å². The Morgan fingerprint density at radius 2 is 1.75 bits per heavy atom. The second-order valence-electron chi connectivity index (χ2n) is 2.00. The Morgan fingerprint density at radius 1 is 1.17 bits per heavy atom. The van der Waals surface area contributed by atoms with Gasteiger partial charge in [0, 0.05) is 5.56 Å². The van der Waals surface area contributed by atoms with Crippen LogP contribution in [0.1, 0.15) is 5.56 Å². The van der Waals surface area contributed by atoms with Gasteiger partial charge in [0.1, 0.15) is 0 Å². The van der Waals surface area contributed by atoms with Gasteiger partial charge in [0.25, 0.3) is 0 Å². The molecule has 0 bridgehead atoms. The van der Waals surface area contributed by atoms with Crippen molar-refractivity contribution in [3.8, 4) is 0 Å². The van der Waals surface area contributed by atoms with Crippen LogP contribution in [0, 0.1) is 0 Å². The molecule has 1 rings (SSSR count). The van der Waals surface area contributed by atoms with E-state index in [0.29, 0.717) is 15.6 Å². The van der Waals surface area contributed by atoms with Crippen LogP contribution in [-0.2, 0) is 0 Å². The van der Waals surface area contributed by atoms with Gasteiger partial charge in [-0.25, -0.2) is 0 Å². The van der Waals surface area contributed by atoms with E-state index in [-0.39, 0.29) is 5.02 Å². The summed E-state index contributed by atoms with van der Waals surface area (Å²) in [6.45, 7) is 0. The highest BCUT2D eigenvalue weighted by atomic mass is 35.5. The van der Waals surface area contributed by atoms with Crippen LogP contribution < -0.4 is 0 Å². The Labute approximate surface area is 84.3 Å². The van der Waals surface area contributed by atoms with E-state index in [1.54, 1.807) is 12.1 Å². The predicted molar refractivity (Wildman–Crippen MR) is 50.9 cm³/mol. The van der Waals surface area contributed by atoms with Crippen molar-refractivity contribution in [1.82, 2.24) is 0 Å². The number of benzene rings is 1. The molecule has 0 atom stereocenters. The summed E-state index contributed by atoms with van der Waals surface area (Å²) >= 11 is 17.2. The van der Waals surface area contributed by atoms with Gasteiger partial charge >= 0.3 is 0 Å². The van der Waals surface area contributed by atoms with Crippen LogP contribution >= 0.6 is 34.8 Å². The minimum atomic E-state index is 0.280. The molecule has 0 fully saturated rings. The normalized spacial score (nSPS) is 10.9. The lowest BCUT2D eigenvalue weighted by atomic mass is 10.2. The first kappa shape index (κ1) is 9.65. The fourth-order valence-corrected chi connectivity index (χ4v) is 1.35. The summed E-state index contributed by atoms with van der Waals surface area (Å²) in [5, 5.41) is 12.1. The van der Waals surface area contributed by atoms with Crippen molar-refractivity contribution in [1.29, 1.82) is 0 Å². The average molecular weight is 224 g/mol. The molecular formula is C7H4Cl3NO. The van der Waals surface area contributed by atoms with Crippen LogP contribution in [-0.4, -0.2) is 11.4 Å². The second kappa shape index (κ2) is 3.99. The maximum atomic E-state index is 8.27. The topological polar surface area (TPSA) is 32.6 Å². The standard InChI is InChI=1S/C7H4Cl3NO/c8-5-1-2-6(9)7(10)4(5)3-11-12/h1-3,12H. The summed E-state index contributed by atoms with van der Waals surface area (Å²) in [7, 11) is 0. The van der Waals surface area contributed by atoms with Crippen molar-refractivity contribution >= 4 is 41.0 Å². The molecule has 0 aromatic heterocycles. The Kier molecular flexibility index (Phi) is 3.20. The Bertz CT molecular complexity index is 325. The predicted octanol–water partition coefficient (Wildman–Crippen LogP) is 3.45. The molecule has 0 saturated carbocycles. The summed E-state index contributed by atoms with van der Waals surface area (Å²) in [6, 6.07) is 3.15. The third-order valence-electron chi connectivity index (χ3n) is 1.27. The lowest BCUT2D eigenvalue weighted by Crippen LogP contribution is -1.85. The third kappa shape index (κ3) is 1.83. The van der Waals surface area contributed by atoms with Gasteiger partial charge in [-0.2, -0.15) is 0 Å². The van der Waals surface area contributed by atoms with Gasteiger partial charge in [-0.05, 0) is 12.1 Å². The zero-order valence-corrected chi connectivity index (χ0v) is 8.03. The van der Waals surface area contributed by atoms with Crippen LogP contribution in [0.4, 0.5) is 0 Å². The second-order valence-corrected chi connectivity index (χ2v) is 3.19. The van der Waals surface area contributed by atoms with Crippen molar-refractivity contribution < 1.29 is 5.21 Å². The number of oxime groups is 1. The van der Waals surface area contributed by atoms with Crippen molar-refractivity contribution in [3.05, 3.63) is 32.8 Å². The van der Waals surface area contributed by atoms with Crippen LogP contribution in [0.15, 0.2) is 17.3 Å². The van der Waals surface area contributed by atoms with Gasteiger partial charge in [0.2, 0.25) is 0 Å². The van der Waals surface area contributed by atoms with Gasteiger partial charge < -0.3 is 5.21 Å². The molecule has 0 saturated heterocycles. The first-order chi connectivity index (χ1) is 5.66. The molecule has 1 N–H and O–H groups in total. The summed E-state index contributed by atoms with van der Waals surface area (Å²) in [5.41, 5.74) is 0.410. The number of nitrogens with zero attached hydrogens (tertiary/aromatic N) is 1. The molecule has 0 amide bonds. The van der Waals surface area contributed by atoms with Crippen molar-refractivity contribution in [3.63, 3.8) is 0 Å². The van der Waals surface area contributed by atoms with Gasteiger partial charge in [-0.3, -0.25) is 0 Å². The van der Waals surface area contributed by atoms with Crippen molar-refractivity contribution in [2.24, 2.45) is 5.16 Å². The summed E-state index contributed by atoms with van der Waals surface area (Å²) < 4.78 is 0. The van der Waals surface area contributed by atoms with E-state index in [0.717, 1.165) is 6.21 Å². The van der Waals surface area contributed by atoms with Gasteiger partial charge in [0.05, 0.1) is 21.3 Å². The van der Waals surface area contributed by atoms with Gasteiger partial charge in [0.15, 0.2) is 0 Å². The van der Waals surface area contributed by atoms with E-state index in [2.05, 4.69) is 5.16 Å². The van der Waals surface area contributed by atoms with Crippen molar-refractivity contribution in [2.75, 3.05) is 0 Å². The van der Waals surface area contributed by atoms with Crippen LogP contribution in [0.3, 0.4) is 0 Å². The van der Waals surface area contributed by atoms with Crippen molar-refractivity contribution in [2.45, 2.75) is 0 Å². The maximum Gasteiger partial charge on any atom is 0.0764 e. The van der Waals surface area contributed by atoms with Crippen LogP contribution in [0.25, 0.3) is 0 Å². The van der Waals surface area contributed by atoms with Crippen LogP contribution in [0.5, 0.6) is 0 Å². The Balaban J connectivity index is 3.32. The fourth-order valence-electron chi connectivity index (χ4n) is 0.719. The zero-order valence-electron chi connectivity index (χ0n) is 5.76. The van der Waals surface area contributed by atoms with E-state index >= 15 is 0 Å². The maximum absolute atomic E-state index is 8.27. The molecule has 2 nitrogen and oxygen atoms in total. The molecule has 0 aliphatic carbocycles. The minimum absolute atomic E-state index is 0.280. The van der Waals surface area contributed by atoms with Gasteiger partial charge in [-0.1, -0.05) is 40.0 Å². The highest BCUT2D eigenvalue weighted by molar-refractivity contribution is 6.45. The summed E-state index contributed by atoms with van der Waals surface area (Å²) in [5.74, 6) is 0. The summed E-state index contributed by atoms with van der Waals surface area (Å²) in [6.07, 6.45) is 1.14. The molecule has 0 spiro atoms. The molecule has 0 radical (unpaired) electrons. The number of halogens is 3. The average Bonchev–Trinajstić information content (AvgIpc) is 2.06. The molecule has 0 unspecified atom stereocenters. The molecule has 0 aliphatic heterocycles. The lowest BCUT2D eigenvalue weighted by molar-refractivity contribution is 0.322. The molecule has 0 heterocycles. The van der Waals surface area contributed by atoms with Crippen LogP contribution in [0.2, 0.25) is 15.1 Å². The number of hydrogen-bond donors (Lipinski definition) is 1. The number of hydrogen-bond acceptors (Lipinski definition) is 2. The number of rotatable bonds is 1. The lowest BCUT2D eigenvalue weighted by Gasteiger charge is -2.01. The zero-order chi connectivity index (χ0) is 9.14. The monoisotopic (exact) mass is 223 g/mol. The van der Waals surface area contributed by atoms with E-state index in [1.807, 2.05) is 0 Å². The molecule has 5 heteroatoms. The molecule has 12 heavy (non-hydrogen) atoms. The Hall–Kier alpha value is -0.440.